The Morgan fingerprint density at radius 3 is 2.80 bits per heavy atom. The van der Waals surface area contributed by atoms with Gasteiger partial charge in [-0.3, -0.25) is 4.79 Å². The number of aliphatic hydroxyl groups excluding tert-OH is 1. The van der Waals surface area contributed by atoms with Crippen LogP contribution in [-0.2, 0) is 9.53 Å². The molecule has 4 aliphatic carbocycles. The third-order valence-corrected chi connectivity index (χ3v) is 8.73. The second-order valence-electron chi connectivity index (χ2n) is 10.3. The van der Waals surface area contributed by atoms with Crippen molar-refractivity contribution in [3.05, 3.63) is 12.2 Å². The molecule has 0 heterocycles. The summed E-state index contributed by atoms with van der Waals surface area (Å²) in [5.74, 6) is 1.28. The zero-order valence-corrected chi connectivity index (χ0v) is 16.1. The van der Waals surface area contributed by atoms with Crippen molar-refractivity contribution in [2.75, 3.05) is 6.61 Å². The van der Waals surface area contributed by atoms with Crippen LogP contribution in [-0.4, -0.2) is 23.8 Å². The maximum absolute atomic E-state index is 11.4. The smallest absolute Gasteiger partial charge is 0.302 e. The molecule has 3 nitrogen and oxygen atoms in total. The van der Waals surface area contributed by atoms with Crippen LogP contribution in [0.2, 0.25) is 0 Å². The highest BCUT2D eigenvalue weighted by Crippen LogP contribution is 2.72. The number of carbonyl (C=O) groups is 1. The molecule has 4 aliphatic rings. The van der Waals surface area contributed by atoms with Crippen LogP contribution < -0.4 is 0 Å². The highest BCUT2D eigenvalue weighted by molar-refractivity contribution is 5.65. The number of hydrogen-bond donors (Lipinski definition) is 1. The van der Waals surface area contributed by atoms with Gasteiger partial charge in [0, 0.05) is 12.3 Å². The number of esters is 1. The molecule has 0 aromatic carbocycles. The summed E-state index contributed by atoms with van der Waals surface area (Å²) in [4.78, 5) is 11.4. The van der Waals surface area contributed by atoms with E-state index in [4.69, 9.17) is 4.74 Å². The van der Waals surface area contributed by atoms with Gasteiger partial charge in [-0.25, -0.2) is 0 Å². The molecule has 0 aromatic rings. The lowest BCUT2D eigenvalue weighted by molar-refractivity contribution is -0.198. The largest absolute Gasteiger partial charge is 0.465 e. The van der Waals surface area contributed by atoms with Crippen molar-refractivity contribution in [3.8, 4) is 0 Å². The first-order valence-electron chi connectivity index (χ1n) is 10.2. The molecule has 1 N–H and O–H groups in total. The van der Waals surface area contributed by atoms with Crippen LogP contribution >= 0.6 is 0 Å². The van der Waals surface area contributed by atoms with Crippen LogP contribution in [0.4, 0.5) is 0 Å². The summed E-state index contributed by atoms with van der Waals surface area (Å²) in [7, 11) is 0. The lowest BCUT2D eigenvalue weighted by Crippen LogP contribution is -2.61. The third-order valence-electron chi connectivity index (χ3n) is 8.73. The monoisotopic (exact) mass is 346 g/mol. The molecule has 4 rings (SSSR count). The normalized spacial score (nSPS) is 51.6. The fraction of sp³-hybridized carbons (Fsp3) is 0.864. The molecule has 0 unspecified atom stereocenters. The predicted molar refractivity (Wildman–Crippen MR) is 97.8 cm³/mol. The van der Waals surface area contributed by atoms with Gasteiger partial charge in [0.25, 0.3) is 0 Å². The minimum atomic E-state index is -0.193. The van der Waals surface area contributed by atoms with Gasteiger partial charge < -0.3 is 9.84 Å². The first-order valence-corrected chi connectivity index (χ1v) is 10.2. The Balaban J connectivity index is 1.68. The molecule has 140 valence electrons. The molecule has 3 heteroatoms. The van der Waals surface area contributed by atoms with Gasteiger partial charge in [0.15, 0.2) is 0 Å². The van der Waals surface area contributed by atoms with Crippen molar-refractivity contribution < 1.29 is 14.6 Å². The zero-order chi connectivity index (χ0) is 18.0. The number of aliphatic hydroxyl groups is 1. The topological polar surface area (TPSA) is 46.5 Å². The summed E-state index contributed by atoms with van der Waals surface area (Å²) in [6.45, 7) is 11.2. The van der Waals surface area contributed by atoms with Crippen molar-refractivity contribution in [3.63, 3.8) is 0 Å². The molecule has 0 radical (unpaired) electrons. The summed E-state index contributed by atoms with van der Waals surface area (Å²) in [5.41, 5.74) is 1.87. The molecule has 7 atom stereocenters. The van der Waals surface area contributed by atoms with Gasteiger partial charge in [-0.2, -0.15) is 0 Å². The molecular formula is C22H34O3. The number of rotatable bonds is 2. The lowest BCUT2D eigenvalue weighted by Gasteiger charge is -2.65. The Kier molecular flexibility index (Phi) is 3.92. The minimum Gasteiger partial charge on any atom is -0.465 e. The maximum atomic E-state index is 11.4. The lowest BCUT2D eigenvalue weighted by atomic mass is 9.40. The summed E-state index contributed by atoms with van der Waals surface area (Å²) in [6, 6.07) is 0. The fourth-order valence-corrected chi connectivity index (χ4v) is 8.05. The summed E-state index contributed by atoms with van der Waals surface area (Å²) in [6.07, 6.45) is 9.01. The Morgan fingerprint density at radius 1 is 1.32 bits per heavy atom. The van der Waals surface area contributed by atoms with Crippen molar-refractivity contribution >= 4 is 5.97 Å². The predicted octanol–water partition coefficient (Wildman–Crippen LogP) is 4.49. The molecule has 2 bridgehead atoms. The molecular weight excluding hydrogens is 312 g/mol. The second-order valence-corrected chi connectivity index (χ2v) is 10.3. The second kappa shape index (κ2) is 5.58. The van der Waals surface area contributed by atoms with Crippen molar-refractivity contribution in [1.29, 1.82) is 0 Å². The van der Waals surface area contributed by atoms with Crippen LogP contribution in [0.3, 0.4) is 0 Å². The maximum Gasteiger partial charge on any atom is 0.302 e. The van der Waals surface area contributed by atoms with Gasteiger partial charge in [0.05, 0.1) is 12.7 Å². The van der Waals surface area contributed by atoms with Gasteiger partial charge in [0.1, 0.15) is 0 Å². The van der Waals surface area contributed by atoms with Gasteiger partial charge in [-0.1, -0.05) is 32.4 Å². The van der Waals surface area contributed by atoms with Crippen molar-refractivity contribution in [2.24, 2.45) is 34.0 Å². The van der Waals surface area contributed by atoms with Crippen LogP contribution in [0.15, 0.2) is 12.2 Å². The van der Waals surface area contributed by atoms with Gasteiger partial charge in [-0.15, -0.1) is 0 Å². The van der Waals surface area contributed by atoms with Crippen LogP contribution in [0.5, 0.6) is 0 Å². The average molecular weight is 347 g/mol. The SMILES string of the molecule is C=C1C[C@@]23CC[C@@H]4[C@@](C)(COC(C)=O)CCC[C@@]4(C)[C@@H]2[C@@H](O)C[C@@H]1C3. The van der Waals surface area contributed by atoms with Crippen LogP contribution in [0.1, 0.15) is 72.1 Å². The molecule has 0 aromatic heterocycles. The number of fused-ring (bicyclic) bond motifs is 3. The highest BCUT2D eigenvalue weighted by atomic mass is 16.5. The van der Waals surface area contributed by atoms with E-state index in [-0.39, 0.29) is 28.3 Å². The van der Waals surface area contributed by atoms with Crippen LogP contribution in [0.25, 0.3) is 0 Å². The fourth-order valence-electron chi connectivity index (χ4n) is 8.05. The summed E-state index contributed by atoms with van der Waals surface area (Å²) < 4.78 is 5.50. The molecule has 0 amide bonds. The Hall–Kier alpha value is -0.830. The Labute approximate surface area is 152 Å². The number of carbonyl (C=O) groups excluding carboxylic acids is 1. The van der Waals surface area contributed by atoms with E-state index in [9.17, 15) is 9.90 Å². The van der Waals surface area contributed by atoms with Crippen molar-refractivity contribution in [1.82, 2.24) is 0 Å². The van der Waals surface area contributed by atoms with E-state index in [2.05, 4.69) is 20.4 Å². The summed E-state index contributed by atoms with van der Waals surface area (Å²) >= 11 is 0. The van der Waals surface area contributed by atoms with E-state index in [0.717, 1.165) is 19.3 Å². The number of ether oxygens (including phenoxy) is 1. The van der Waals surface area contributed by atoms with Crippen LogP contribution in [0, 0.1) is 34.0 Å². The standard InChI is InChI=1S/C22H34O3/c1-14-11-22-9-6-18-20(3,13-25-15(2)23)7-5-8-21(18,4)19(22)17(24)10-16(14)12-22/h16-19,24H,1,5-13H2,2-4H3/t16-,17+,18-,19+,20-,21-,22-/m1/s1. The Bertz CT molecular complexity index is 598. The van der Waals surface area contributed by atoms with E-state index in [0.29, 0.717) is 24.4 Å². The number of hydrogen-bond acceptors (Lipinski definition) is 3. The number of allylic oxidation sites excluding steroid dienone is 1. The molecule has 0 saturated heterocycles. The zero-order valence-electron chi connectivity index (χ0n) is 16.1. The molecule has 25 heavy (non-hydrogen) atoms. The van der Waals surface area contributed by atoms with Gasteiger partial charge in [0.2, 0.25) is 0 Å². The first kappa shape index (κ1) is 17.6. The minimum absolute atomic E-state index is 0.0481. The van der Waals surface area contributed by atoms with Gasteiger partial charge in [-0.05, 0) is 73.5 Å². The van der Waals surface area contributed by atoms with Crippen molar-refractivity contribution in [2.45, 2.75) is 78.2 Å². The van der Waals surface area contributed by atoms with E-state index in [1.807, 2.05) is 0 Å². The van der Waals surface area contributed by atoms with E-state index < -0.39 is 0 Å². The van der Waals surface area contributed by atoms with E-state index >= 15 is 0 Å². The molecule has 4 saturated carbocycles. The average Bonchev–Trinajstić information content (AvgIpc) is 2.75. The Morgan fingerprint density at radius 2 is 2.08 bits per heavy atom. The summed E-state index contributed by atoms with van der Waals surface area (Å²) in [5, 5.41) is 11.2. The van der Waals surface area contributed by atoms with E-state index in [1.54, 1.807) is 0 Å². The van der Waals surface area contributed by atoms with Gasteiger partial charge >= 0.3 is 5.97 Å². The molecule has 1 spiro atoms. The molecule has 0 aliphatic heterocycles. The highest BCUT2D eigenvalue weighted by Gasteiger charge is 2.66. The first-order chi connectivity index (χ1) is 11.7. The molecule has 4 fully saturated rings. The quantitative estimate of drug-likeness (QED) is 0.592. The van der Waals surface area contributed by atoms with E-state index in [1.165, 1.54) is 44.6 Å². The third kappa shape index (κ3) is 2.44.